The molecular formula is C6H7N3S. The molecular weight excluding hydrogens is 146 g/mol. The molecule has 0 saturated heterocycles. The summed E-state index contributed by atoms with van der Waals surface area (Å²) in [5.41, 5.74) is 1.09. The summed E-state index contributed by atoms with van der Waals surface area (Å²) in [6, 6.07) is 0. The molecule has 0 bridgehead atoms. The Balaban J connectivity index is 2.52. The van der Waals surface area contributed by atoms with Gasteiger partial charge in [0.25, 0.3) is 0 Å². The third-order valence-electron chi connectivity index (χ3n) is 1.06. The van der Waals surface area contributed by atoms with Gasteiger partial charge in [0, 0.05) is 24.6 Å². The van der Waals surface area contributed by atoms with Crippen molar-refractivity contribution in [1.82, 2.24) is 9.78 Å². The molecule has 0 unspecified atom stereocenters. The maximum atomic E-state index is 8.22. The Labute approximate surface area is 63.6 Å². The van der Waals surface area contributed by atoms with Crippen molar-refractivity contribution in [2.75, 3.05) is 0 Å². The Bertz CT molecular complexity index is 248. The van der Waals surface area contributed by atoms with Gasteiger partial charge in [-0.2, -0.15) is 10.4 Å². The fourth-order valence-corrected chi connectivity index (χ4v) is 1.04. The van der Waals surface area contributed by atoms with Crippen LogP contribution in [0.2, 0.25) is 0 Å². The Hall–Kier alpha value is -0.950. The third-order valence-corrected chi connectivity index (χ3v) is 1.67. The summed E-state index contributed by atoms with van der Waals surface area (Å²) in [6.45, 7) is 0. The predicted octanol–water partition coefficient (Wildman–Crippen LogP) is 1.13. The lowest BCUT2D eigenvalue weighted by Crippen LogP contribution is -1.84. The molecule has 0 aliphatic rings. The number of aryl methyl sites for hydroxylation is 1. The highest BCUT2D eigenvalue weighted by Crippen LogP contribution is 2.08. The largest absolute Gasteiger partial charge is 0.276 e. The first-order valence-corrected chi connectivity index (χ1v) is 3.80. The van der Waals surface area contributed by atoms with E-state index in [1.807, 2.05) is 18.6 Å². The van der Waals surface area contributed by atoms with E-state index >= 15 is 0 Å². The number of hydrogen-bond donors (Lipinski definition) is 0. The maximum Gasteiger partial charge on any atom is 0.133 e. The van der Waals surface area contributed by atoms with Crippen molar-refractivity contribution in [3.05, 3.63) is 18.0 Å². The average molecular weight is 153 g/mol. The van der Waals surface area contributed by atoms with Gasteiger partial charge in [-0.25, -0.2) is 0 Å². The van der Waals surface area contributed by atoms with E-state index < -0.39 is 0 Å². The van der Waals surface area contributed by atoms with E-state index in [2.05, 4.69) is 5.10 Å². The summed E-state index contributed by atoms with van der Waals surface area (Å²) in [4.78, 5) is 0. The second-order valence-corrected chi connectivity index (χ2v) is 2.66. The lowest BCUT2D eigenvalue weighted by atomic mass is 10.4. The Morgan fingerprint density at radius 3 is 3.20 bits per heavy atom. The summed E-state index contributed by atoms with van der Waals surface area (Å²) >= 11 is 1.23. The number of nitriles is 1. The second-order valence-electron chi connectivity index (χ2n) is 1.90. The van der Waals surface area contributed by atoms with Gasteiger partial charge in [-0.05, 0) is 11.8 Å². The number of thioether (sulfide) groups is 1. The van der Waals surface area contributed by atoms with Crippen LogP contribution in [0.4, 0.5) is 0 Å². The molecule has 0 radical (unpaired) electrons. The van der Waals surface area contributed by atoms with Gasteiger partial charge < -0.3 is 0 Å². The van der Waals surface area contributed by atoms with Crippen molar-refractivity contribution >= 4 is 11.8 Å². The standard InChI is InChI=1S/C6H7N3S/c1-9-3-6(2-8-9)4-10-5-7/h2-3H,4H2,1H3. The van der Waals surface area contributed by atoms with Crippen molar-refractivity contribution in [2.24, 2.45) is 7.05 Å². The van der Waals surface area contributed by atoms with Crippen LogP contribution in [-0.4, -0.2) is 9.78 Å². The van der Waals surface area contributed by atoms with E-state index in [0.717, 1.165) is 11.3 Å². The van der Waals surface area contributed by atoms with Crippen LogP contribution in [0.1, 0.15) is 5.56 Å². The average Bonchev–Trinajstić information content (AvgIpc) is 2.31. The molecule has 0 atom stereocenters. The lowest BCUT2D eigenvalue weighted by Gasteiger charge is -1.84. The van der Waals surface area contributed by atoms with Crippen molar-refractivity contribution < 1.29 is 0 Å². The van der Waals surface area contributed by atoms with E-state index in [4.69, 9.17) is 5.26 Å². The molecule has 10 heavy (non-hydrogen) atoms. The first-order valence-electron chi connectivity index (χ1n) is 2.81. The van der Waals surface area contributed by atoms with Crippen molar-refractivity contribution in [1.29, 1.82) is 5.26 Å². The smallest absolute Gasteiger partial charge is 0.133 e. The quantitative estimate of drug-likeness (QED) is 0.598. The van der Waals surface area contributed by atoms with Crippen LogP contribution in [0, 0.1) is 10.7 Å². The summed E-state index contributed by atoms with van der Waals surface area (Å²) in [5, 5.41) is 14.2. The van der Waals surface area contributed by atoms with E-state index in [1.54, 1.807) is 10.9 Å². The van der Waals surface area contributed by atoms with Gasteiger partial charge in [0.2, 0.25) is 0 Å². The molecule has 0 fully saturated rings. The highest BCUT2D eigenvalue weighted by Gasteiger charge is 1.93. The van der Waals surface area contributed by atoms with Gasteiger partial charge >= 0.3 is 0 Å². The topological polar surface area (TPSA) is 41.6 Å². The minimum absolute atomic E-state index is 0.727. The van der Waals surface area contributed by atoms with Crippen LogP contribution < -0.4 is 0 Å². The van der Waals surface area contributed by atoms with Crippen LogP contribution in [0.15, 0.2) is 12.4 Å². The molecule has 0 spiro atoms. The molecule has 4 heteroatoms. The minimum atomic E-state index is 0.727. The first kappa shape index (κ1) is 7.16. The Morgan fingerprint density at radius 1 is 1.90 bits per heavy atom. The SMILES string of the molecule is Cn1cc(CSC#N)cn1. The molecule has 1 heterocycles. The summed E-state index contributed by atoms with van der Waals surface area (Å²) < 4.78 is 1.73. The van der Waals surface area contributed by atoms with Crippen LogP contribution in [0.5, 0.6) is 0 Å². The fraction of sp³-hybridized carbons (Fsp3) is 0.333. The van der Waals surface area contributed by atoms with E-state index in [9.17, 15) is 0 Å². The zero-order chi connectivity index (χ0) is 7.40. The number of hydrogen-bond acceptors (Lipinski definition) is 3. The highest BCUT2D eigenvalue weighted by molar-refractivity contribution is 8.02. The van der Waals surface area contributed by atoms with E-state index in [0.29, 0.717) is 0 Å². The normalized spacial score (nSPS) is 9.20. The van der Waals surface area contributed by atoms with Gasteiger partial charge in [-0.1, -0.05) is 0 Å². The monoisotopic (exact) mass is 153 g/mol. The molecule has 0 aromatic carbocycles. The number of nitrogens with zero attached hydrogens (tertiary/aromatic N) is 3. The van der Waals surface area contributed by atoms with Gasteiger partial charge in [0.15, 0.2) is 0 Å². The van der Waals surface area contributed by atoms with Gasteiger partial charge in [-0.3, -0.25) is 4.68 Å². The Morgan fingerprint density at radius 2 is 2.70 bits per heavy atom. The second kappa shape index (κ2) is 3.28. The molecule has 0 aliphatic heterocycles. The number of rotatable bonds is 2. The van der Waals surface area contributed by atoms with Gasteiger partial charge in [-0.15, -0.1) is 0 Å². The zero-order valence-electron chi connectivity index (χ0n) is 5.61. The summed E-state index contributed by atoms with van der Waals surface area (Å²) in [6.07, 6.45) is 3.68. The molecule has 0 amide bonds. The predicted molar refractivity (Wildman–Crippen MR) is 40.1 cm³/mol. The first-order chi connectivity index (χ1) is 4.83. The molecule has 1 aromatic rings. The molecule has 1 rings (SSSR count). The molecule has 0 aliphatic carbocycles. The van der Waals surface area contributed by atoms with Crippen LogP contribution >= 0.6 is 11.8 Å². The lowest BCUT2D eigenvalue weighted by molar-refractivity contribution is 0.767. The summed E-state index contributed by atoms with van der Waals surface area (Å²) in [5.74, 6) is 0.727. The van der Waals surface area contributed by atoms with Crippen molar-refractivity contribution in [3.8, 4) is 5.40 Å². The molecule has 0 saturated carbocycles. The zero-order valence-corrected chi connectivity index (χ0v) is 6.43. The fourth-order valence-electron chi connectivity index (χ4n) is 0.662. The third kappa shape index (κ3) is 1.78. The van der Waals surface area contributed by atoms with Crippen molar-refractivity contribution in [2.45, 2.75) is 5.75 Å². The molecule has 52 valence electrons. The molecule has 3 nitrogen and oxygen atoms in total. The maximum absolute atomic E-state index is 8.22. The van der Waals surface area contributed by atoms with E-state index in [-0.39, 0.29) is 0 Å². The van der Waals surface area contributed by atoms with Gasteiger partial charge in [0.1, 0.15) is 5.40 Å². The van der Waals surface area contributed by atoms with E-state index in [1.165, 1.54) is 11.8 Å². The number of aromatic nitrogens is 2. The number of thiocyanates is 1. The van der Waals surface area contributed by atoms with Crippen LogP contribution in [0.3, 0.4) is 0 Å². The van der Waals surface area contributed by atoms with Gasteiger partial charge in [0.05, 0.1) is 6.20 Å². The van der Waals surface area contributed by atoms with Crippen molar-refractivity contribution in [3.63, 3.8) is 0 Å². The molecule has 1 aromatic heterocycles. The van der Waals surface area contributed by atoms with Crippen LogP contribution in [-0.2, 0) is 12.8 Å². The Kier molecular flexibility index (Phi) is 2.35. The van der Waals surface area contributed by atoms with Crippen LogP contribution in [0.25, 0.3) is 0 Å². The highest BCUT2D eigenvalue weighted by atomic mass is 32.2. The minimum Gasteiger partial charge on any atom is -0.276 e. The summed E-state index contributed by atoms with van der Waals surface area (Å²) in [7, 11) is 1.86. The molecule has 0 N–H and O–H groups in total.